The molecule has 0 atom stereocenters. The van der Waals surface area contributed by atoms with Crippen molar-refractivity contribution in [3.05, 3.63) is 110 Å². The lowest BCUT2D eigenvalue weighted by Gasteiger charge is -2.09. The number of hydrogen-bond acceptors (Lipinski definition) is 6. The molecule has 1 aliphatic heterocycles. The van der Waals surface area contributed by atoms with Crippen LogP contribution in [0.15, 0.2) is 88.0 Å². The van der Waals surface area contributed by atoms with Gasteiger partial charge in [0.05, 0.1) is 10.5 Å². The lowest BCUT2D eigenvalue weighted by atomic mass is 10.1. The number of carbonyl (C=O) groups excluding carboxylic acids is 1. The summed E-state index contributed by atoms with van der Waals surface area (Å²) in [5.74, 6) is 0.178. The van der Waals surface area contributed by atoms with Crippen molar-refractivity contribution in [2.75, 3.05) is 0 Å². The van der Waals surface area contributed by atoms with Gasteiger partial charge in [-0.15, -0.1) is 0 Å². The van der Waals surface area contributed by atoms with Crippen molar-refractivity contribution in [1.29, 1.82) is 0 Å². The van der Waals surface area contributed by atoms with E-state index in [1.54, 1.807) is 42.5 Å². The highest BCUT2D eigenvalue weighted by Crippen LogP contribution is 2.27. The maximum absolute atomic E-state index is 12.3. The van der Waals surface area contributed by atoms with Crippen molar-refractivity contribution in [3.8, 4) is 5.75 Å². The Bertz CT molecular complexity index is 1240. The van der Waals surface area contributed by atoms with Crippen LogP contribution in [0.25, 0.3) is 6.08 Å². The zero-order valence-corrected chi connectivity index (χ0v) is 17.6. The highest BCUT2D eigenvalue weighted by Gasteiger charge is 2.25. The van der Waals surface area contributed by atoms with E-state index < -0.39 is 10.9 Å². The molecule has 7 nitrogen and oxygen atoms in total. The summed E-state index contributed by atoms with van der Waals surface area (Å²) < 4.78 is 12.0. The maximum atomic E-state index is 12.3. The van der Waals surface area contributed by atoms with Crippen LogP contribution >= 0.6 is 15.9 Å². The fourth-order valence-corrected chi connectivity index (χ4v) is 3.41. The van der Waals surface area contributed by atoms with Gasteiger partial charge in [-0.25, -0.2) is 9.79 Å². The molecule has 0 bridgehead atoms. The molecule has 4 rings (SSSR count). The Kier molecular flexibility index (Phi) is 5.90. The molecule has 0 unspecified atom stereocenters. The molecule has 0 spiro atoms. The van der Waals surface area contributed by atoms with E-state index in [2.05, 4.69) is 20.9 Å². The summed E-state index contributed by atoms with van der Waals surface area (Å²) in [4.78, 5) is 27.2. The largest absolute Gasteiger partial charge is 0.488 e. The van der Waals surface area contributed by atoms with Crippen LogP contribution in [0.3, 0.4) is 0 Å². The van der Waals surface area contributed by atoms with E-state index in [0.717, 1.165) is 4.47 Å². The molecule has 0 aliphatic carbocycles. The molecular weight excluding hydrogens is 464 g/mol. The number of aliphatic imine (C=N–C) groups is 1. The van der Waals surface area contributed by atoms with Gasteiger partial charge in [0.25, 0.3) is 5.69 Å². The van der Waals surface area contributed by atoms with Gasteiger partial charge >= 0.3 is 5.97 Å². The first-order chi connectivity index (χ1) is 15.0. The third-order valence-electron chi connectivity index (χ3n) is 4.45. The van der Waals surface area contributed by atoms with Crippen molar-refractivity contribution < 1.29 is 19.2 Å². The number of non-ortho nitro benzene ring substituents is 1. The average molecular weight is 479 g/mol. The third-order valence-corrected chi connectivity index (χ3v) is 5.14. The number of esters is 1. The molecule has 0 N–H and O–H groups in total. The van der Waals surface area contributed by atoms with E-state index in [1.807, 2.05) is 24.3 Å². The third kappa shape index (κ3) is 4.70. The number of para-hydroxylation sites is 1. The minimum absolute atomic E-state index is 0.000793. The molecule has 0 fully saturated rings. The number of cyclic esters (lactones) is 1. The van der Waals surface area contributed by atoms with E-state index in [4.69, 9.17) is 9.47 Å². The van der Waals surface area contributed by atoms with Crippen LogP contribution < -0.4 is 4.74 Å². The fourth-order valence-electron chi connectivity index (χ4n) is 2.96. The average Bonchev–Trinajstić information content (AvgIpc) is 3.13. The molecular formula is C23H15BrN2O5. The lowest BCUT2D eigenvalue weighted by Crippen LogP contribution is -2.06. The first-order valence-corrected chi connectivity index (χ1v) is 10.0. The van der Waals surface area contributed by atoms with Gasteiger partial charge in [-0.05, 0) is 45.8 Å². The van der Waals surface area contributed by atoms with Crippen LogP contribution in [-0.4, -0.2) is 16.8 Å². The van der Waals surface area contributed by atoms with E-state index in [1.165, 1.54) is 12.1 Å². The number of nitro benzene ring substituents is 1. The van der Waals surface area contributed by atoms with Crippen molar-refractivity contribution in [1.82, 2.24) is 0 Å². The monoisotopic (exact) mass is 478 g/mol. The number of halogens is 1. The second-order valence-corrected chi connectivity index (χ2v) is 7.42. The zero-order chi connectivity index (χ0) is 21.8. The molecule has 1 aliphatic rings. The predicted molar refractivity (Wildman–Crippen MR) is 119 cm³/mol. The first kappa shape index (κ1) is 20.5. The van der Waals surface area contributed by atoms with Gasteiger partial charge in [-0.2, -0.15) is 0 Å². The summed E-state index contributed by atoms with van der Waals surface area (Å²) in [5, 5.41) is 11.0. The summed E-state index contributed by atoms with van der Waals surface area (Å²) in [6.45, 7) is 0.137. The number of rotatable bonds is 6. The van der Waals surface area contributed by atoms with Crippen molar-refractivity contribution in [2.24, 2.45) is 4.99 Å². The summed E-state index contributed by atoms with van der Waals surface area (Å²) >= 11 is 3.43. The SMILES string of the molecule is O=C1OC(c2ccccc2Br)=N/C1=C\c1ccccc1OCc1cccc([N+](=O)[O-])c1. The summed E-state index contributed by atoms with van der Waals surface area (Å²) in [5.41, 5.74) is 2.12. The number of nitro groups is 1. The second kappa shape index (κ2) is 8.93. The molecule has 154 valence electrons. The summed E-state index contributed by atoms with van der Waals surface area (Å²) in [6.07, 6.45) is 1.59. The molecule has 31 heavy (non-hydrogen) atoms. The van der Waals surface area contributed by atoms with Gasteiger partial charge in [0.15, 0.2) is 5.70 Å². The predicted octanol–water partition coefficient (Wildman–Crippen LogP) is 5.28. The van der Waals surface area contributed by atoms with Crippen LogP contribution in [0.2, 0.25) is 0 Å². The van der Waals surface area contributed by atoms with Gasteiger partial charge in [0.2, 0.25) is 5.90 Å². The van der Waals surface area contributed by atoms with Gasteiger partial charge in [0.1, 0.15) is 12.4 Å². The minimum atomic E-state index is -0.556. The van der Waals surface area contributed by atoms with Crippen molar-refractivity contribution in [2.45, 2.75) is 6.61 Å². The van der Waals surface area contributed by atoms with Crippen LogP contribution in [0.1, 0.15) is 16.7 Å². The number of hydrogen-bond donors (Lipinski definition) is 0. The zero-order valence-electron chi connectivity index (χ0n) is 16.0. The Morgan fingerprint density at radius 2 is 1.84 bits per heavy atom. The number of carbonyl (C=O) groups is 1. The Morgan fingerprint density at radius 3 is 2.65 bits per heavy atom. The van der Waals surface area contributed by atoms with E-state index in [-0.39, 0.29) is 23.9 Å². The van der Waals surface area contributed by atoms with E-state index in [0.29, 0.717) is 22.4 Å². The molecule has 1 heterocycles. The van der Waals surface area contributed by atoms with Gasteiger partial charge in [-0.3, -0.25) is 10.1 Å². The Labute approximate surface area is 185 Å². The molecule has 0 amide bonds. The highest BCUT2D eigenvalue weighted by molar-refractivity contribution is 9.10. The van der Waals surface area contributed by atoms with Crippen molar-refractivity contribution >= 4 is 39.6 Å². The normalized spacial score (nSPS) is 14.3. The molecule has 3 aromatic carbocycles. The quantitative estimate of drug-likeness (QED) is 0.208. The van der Waals surface area contributed by atoms with Gasteiger partial charge in [-0.1, -0.05) is 42.5 Å². The van der Waals surface area contributed by atoms with Gasteiger partial charge < -0.3 is 9.47 Å². The number of nitrogens with zero attached hydrogens (tertiary/aromatic N) is 2. The smallest absolute Gasteiger partial charge is 0.363 e. The first-order valence-electron chi connectivity index (χ1n) is 9.24. The lowest BCUT2D eigenvalue weighted by molar-refractivity contribution is -0.384. The summed E-state index contributed by atoms with van der Waals surface area (Å²) in [7, 11) is 0. The standard InChI is InChI=1S/C23H15BrN2O5/c24-19-10-3-2-9-18(19)22-25-20(23(27)31-22)13-16-7-1-4-11-21(16)30-14-15-6-5-8-17(12-15)26(28)29/h1-13H,14H2/b20-13-. The van der Waals surface area contributed by atoms with Crippen LogP contribution in [-0.2, 0) is 16.1 Å². The Morgan fingerprint density at radius 1 is 1.06 bits per heavy atom. The van der Waals surface area contributed by atoms with Crippen LogP contribution in [0.5, 0.6) is 5.75 Å². The van der Waals surface area contributed by atoms with E-state index >= 15 is 0 Å². The molecule has 0 saturated heterocycles. The fraction of sp³-hybridized carbons (Fsp3) is 0.0435. The topological polar surface area (TPSA) is 91.0 Å². The highest BCUT2D eigenvalue weighted by atomic mass is 79.9. The molecule has 0 saturated carbocycles. The number of ether oxygens (including phenoxy) is 2. The Balaban J connectivity index is 1.58. The van der Waals surface area contributed by atoms with Gasteiger partial charge in [0, 0.05) is 22.2 Å². The number of benzene rings is 3. The Hall–Kier alpha value is -3.78. The van der Waals surface area contributed by atoms with E-state index in [9.17, 15) is 14.9 Å². The van der Waals surface area contributed by atoms with Crippen molar-refractivity contribution in [3.63, 3.8) is 0 Å². The molecule has 8 heteroatoms. The molecule has 0 radical (unpaired) electrons. The second-order valence-electron chi connectivity index (χ2n) is 6.57. The van der Waals surface area contributed by atoms with Crippen LogP contribution in [0.4, 0.5) is 5.69 Å². The maximum Gasteiger partial charge on any atom is 0.363 e. The molecule has 0 aromatic heterocycles. The minimum Gasteiger partial charge on any atom is -0.488 e. The van der Waals surface area contributed by atoms with Crippen LogP contribution in [0, 0.1) is 10.1 Å². The summed E-state index contributed by atoms with van der Waals surface area (Å²) in [6, 6.07) is 20.7. The molecule has 3 aromatic rings.